The van der Waals surface area contributed by atoms with Crippen molar-refractivity contribution in [3.8, 4) is 0 Å². The molecule has 0 fully saturated rings. The summed E-state index contributed by atoms with van der Waals surface area (Å²) in [6.07, 6.45) is 0. The first-order valence-corrected chi connectivity index (χ1v) is 6.52. The number of alkyl halides is 1. The molecule has 74 valence electrons. The molecule has 0 amide bonds. The van der Waals surface area contributed by atoms with Gasteiger partial charge in [-0.3, -0.25) is 0 Å². The quantitative estimate of drug-likeness (QED) is 0.741. The highest BCUT2D eigenvalue weighted by Gasteiger charge is 2.16. The molecule has 1 aromatic rings. The summed E-state index contributed by atoms with van der Waals surface area (Å²) in [5.74, 6) is 0. The lowest BCUT2D eigenvalue weighted by Crippen LogP contribution is -2.27. The van der Waals surface area contributed by atoms with Crippen LogP contribution in [-0.2, 0) is 16.6 Å². The Morgan fingerprint density at radius 2 is 2.38 bits per heavy atom. The van der Waals surface area contributed by atoms with Gasteiger partial charge in [0.2, 0.25) is 10.0 Å². The molecule has 0 unspecified atom stereocenters. The largest absolute Gasteiger partial charge is 0.248 e. The molecule has 7 heteroatoms. The highest BCUT2D eigenvalue weighted by atomic mass is 35.5. The van der Waals surface area contributed by atoms with E-state index in [1.165, 1.54) is 22.7 Å². The molecule has 0 spiro atoms. The zero-order chi connectivity index (χ0) is 9.90. The van der Waals surface area contributed by atoms with E-state index in [0.29, 0.717) is 0 Å². The Morgan fingerprint density at radius 1 is 1.69 bits per heavy atom. The molecule has 0 saturated heterocycles. The average molecular weight is 241 g/mol. The van der Waals surface area contributed by atoms with Crippen molar-refractivity contribution in [1.29, 1.82) is 0 Å². The molecule has 13 heavy (non-hydrogen) atoms. The topological polar surface area (TPSA) is 50.3 Å². The lowest BCUT2D eigenvalue weighted by atomic mass is 10.5. The van der Waals surface area contributed by atoms with Crippen molar-refractivity contribution >= 4 is 33.0 Å². The fourth-order valence-electron chi connectivity index (χ4n) is 0.725. The van der Waals surface area contributed by atoms with Gasteiger partial charge in [0.25, 0.3) is 0 Å². The Bertz CT molecular complexity index is 349. The van der Waals surface area contributed by atoms with Gasteiger partial charge in [-0.05, 0) is 0 Å². The Balaban J connectivity index is 2.66. The molecule has 0 atom stereocenters. The number of hydrogen-bond donors (Lipinski definition) is 0. The molecular formula is C6H9ClN2O2S2. The van der Waals surface area contributed by atoms with E-state index in [-0.39, 0.29) is 6.54 Å². The molecule has 0 aliphatic carbocycles. The number of aromatic nitrogens is 1. The Kier molecular flexibility index (Phi) is 3.66. The molecule has 1 heterocycles. The van der Waals surface area contributed by atoms with E-state index in [4.69, 9.17) is 11.6 Å². The second kappa shape index (κ2) is 4.36. The van der Waals surface area contributed by atoms with Crippen LogP contribution in [0.4, 0.5) is 0 Å². The van der Waals surface area contributed by atoms with E-state index in [1.54, 1.807) is 10.9 Å². The smallest absolute Gasteiger partial charge is 0.228 e. The summed E-state index contributed by atoms with van der Waals surface area (Å²) in [7, 11) is -1.83. The Morgan fingerprint density at radius 3 is 2.85 bits per heavy atom. The van der Waals surface area contributed by atoms with Crippen LogP contribution in [0.25, 0.3) is 0 Å². The zero-order valence-electron chi connectivity index (χ0n) is 6.97. The lowest BCUT2D eigenvalue weighted by Gasteiger charge is -2.13. The first-order chi connectivity index (χ1) is 6.06. The van der Waals surface area contributed by atoms with Gasteiger partial charge in [-0.25, -0.2) is 13.4 Å². The minimum atomic E-state index is -3.31. The average Bonchev–Trinajstić information content (AvgIpc) is 2.57. The van der Waals surface area contributed by atoms with Crippen molar-refractivity contribution in [1.82, 2.24) is 9.29 Å². The van der Waals surface area contributed by atoms with E-state index in [1.807, 2.05) is 0 Å². The van der Waals surface area contributed by atoms with Crippen LogP contribution < -0.4 is 0 Å². The molecule has 0 saturated carbocycles. The summed E-state index contributed by atoms with van der Waals surface area (Å²) in [6.45, 7) is 0.276. The van der Waals surface area contributed by atoms with Gasteiger partial charge in [-0.15, -0.1) is 22.9 Å². The fourth-order valence-corrected chi connectivity index (χ4v) is 2.27. The van der Waals surface area contributed by atoms with Crippen LogP contribution in [0.1, 0.15) is 5.69 Å². The third-order valence-corrected chi connectivity index (χ3v) is 4.30. The molecule has 0 aliphatic heterocycles. The van der Waals surface area contributed by atoms with E-state index >= 15 is 0 Å². The number of halogens is 1. The van der Waals surface area contributed by atoms with E-state index < -0.39 is 15.2 Å². The highest BCUT2D eigenvalue weighted by molar-refractivity contribution is 7.90. The third kappa shape index (κ3) is 2.91. The first-order valence-electron chi connectivity index (χ1n) is 3.43. The van der Waals surface area contributed by atoms with E-state index in [2.05, 4.69) is 4.98 Å². The summed E-state index contributed by atoms with van der Waals surface area (Å²) < 4.78 is 23.6. The van der Waals surface area contributed by atoms with Crippen LogP contribution >= 0.6 is 22.9 Å². The van der Waals surface area contributed by atoms with Crippen LogP contribution in [0.2, 0.25) is 0 Å². The lowest BCUT2D eigenvalue weighted by molar-refractivity contribution is 0.467. The molecule has 4 nitrogen and oxygen atoms in total. The predicted octanol–water partition coefficient (Wildman–Crippen LogP) is 1.10. The van der Waals surface area contributed by atoms with Gasteiger partial charge >= 0.3 is 0 Å². The predicted molar refractivity (Wildman–Crippen MR) is 53.2 cm³/mol. The van der Waals surface area contributed by atoms with Crippen molar-refractivity contribution in [2.75, 3.05) is 12.3 Å². The monoisotopic (exact) mass is 240 g/mol. The molecule has 0 bridgehead atoms. The maximum absolute atomic E-state index is 11.2. The Hall–Kier alpha value is -0.170. The van der Waals surface area contributed by atoms with Crippen LogP contribution in [-0.4, -0.2) is 30.0 Å². The molecule has 1 aromatic heterocycles. The van der Waals surface area contributed by atoms with Crippen LogP contribution in [0.5, 0.6) is 0 Å². The van der Waals surface area contributed by atoms with Gasteiger partial charge in [-0.2, -0.15) is 4.31 Å². The van der Waals surface area contributed by atoms with Crippen molar-refractivity contribution in [2.24, 2.45) is 0 Å². The second-order valence-electron chi connectivity index (χ2n) is 2.46. The number of thiazole rings is 1. The minimum absolute atomic E-state index is 0.276. The summed E-state index contributed by atoms with van der Waals surface area (Å²) in [5, 5.41) is 1.41. The van der Waals surface area contributed by atoms with Crippen molar-refractivity contribution in [3.63, 3.8) is 0 Å². The van der Waals surface area contributed by atoms with E-state index in [0.717, 1.165) is 5.69 Å². The highest BCUT2D eigenvalue weighted by Crippen LogP contribution is 2.08. The van der Waals surface area contributed by atoms with Crippen molar-refractivity contribution in [3.05, 3.63) is 16.6 Å². The van der Waals surface area contributed by atoms with E-state index in [9.17, 15) is 8.42 Å². The molecule has 1 rings (SSSR count). The summed E-state index contributed by atoms with van der Waals surface area (Å²) in [4.78, 5) is 3.97. The molecular weight excluding hydrogens is 232 g/mol. The summed E-state index contributed by atoms with van der Waals surface area (Å²) >= 11 is 6.72. The normalized spacial score (nSPS) is 12.2. The van der Waals surface area contributed by atoms with Gasteiger partial charge in [0.15, 0.2) is 0 Å². The molecule has 0 radical (unpaired) electrons. The summed E-state index contributed by atoms with van der Waals surface area (Å²) in [6, 6.07) is 0. The van der Waals surface area contributed by atoms with Gasteiger partial charge in [0.1, 0.15) is 5.21 Å². The third-order valence-electron chi connectivity index (χ3n) is 1.48. The number of nitrogens with zero attached hydrogens (tertiary/aromatic N) is 2. The molecule has 0 aromatic carbocycles. The van der Waals surface area contributed by atoms with Crippen LogP contribution in [0, 0.1) is 0 Å². The zero-order valence-corrected chi connectivity index (χ0v) is 9.36. The molecule has 0 aliphatic rings. The minimum Gasteiger partial charge on any atom is -0.248 e. The molecule has 0 N–H and O–H groups in total. The fraction of sp³-hybridized carbons (Fsp3) is 0.500. The number of hydrogen-bond acceptors (Lipinski definition) is 4. The van der Waals surface area contributed by atoms with Gasteiger partial charge < -0.3 is 0 Å². The van der Waals surface area contributed by atoms with Crippen LogP contribution in [0.15, 0.2) is 10.9 Å². The van der Waals surface area contributed by atoms with Crippen molar-refractivity contribution < 1.29 is 8.42 Å². The Labute approximate surface area is 86.2 Å². The van der Waals surface area contributed by atoms with Gasteiger partial charge in [0.05, 0.1) is 17.7 Å². The van der Waals surface area contributed by atoms with Gasteiger partial charge in [-0.1, -0.05) is 0 Å². The van der Waals surface area contributed by atoms with Crippen molar-refractivity contribution in [2.45, 2.75) is 6.54 Å². The van der Waals surface area contributed by atoms with Gasteiger partial charge in [0, 0.05) is 12.4 Å². The number of rotatable bonds is 4. The number of sulfonamides is 1. The van der Waals surface area contributed by atoms with Crippen LogP contribution in [0.3, 0.4) is 0 Å². The summed E-state index contributed by atoms with van der Waals surface area (Å²) in [5.41, 5.74) is 2.40. The SMILES string of the molecule is CN(Cc1cscn1)S(=O)(=O)CCl. The maximum Gasteiger partial charge on any atom is 0.228 e. The maximum atomic E-state index is 11.2. The second-order valence-corrected chi connectivity index (χ2v) is 5.84. The first kappa shape index (κ1) is 10.9. The standard InChI is InChI=1S/C6H9ClN2O2S2/c1-9(13(10,11)4-7)2-6-3-12-5-8-6/h3,5H,2,4H2,1H3.